The van der Waals surface area contributed by atoms with Gasteiger partial charge >= 0.3 is 5.97 Å². The number of aryl methyl sites for hydroxylation is 1. The topological polar surface area (TPSA) is 183 Å². The van der Waals surface area contributed by atoms with E-state index in [0.717, 1.165) is 11.1 Å². The number of hydrogen-bond acceptors (Lipinski definition) is 7. The molecule has 0 saturated carbocycles. The van der Waals surface area contributed by atoms with Crippen molar-refractivity contribution >= 4 is 53.8 Å². The van der Waals surface area contributed by atoms with E-state index in [2.05, 4.69) is 51.3 Å². The van der Waals surface area contributed by atoms with E-state index >= 15 is 0 Å². The summed E-state index contributed by atoms with van der Waals surface area (Å²) in [6, 6.07) is 12.6. The van der Waals surface area contributed by atoms with E-state index in [0.29, 0.717) is 12.1 Å². The molecule has 0 spiro atoms. The smallest absolute Gasteiger partial charge is 0.304 e. The second-order valence-corrected chi connectivity index (χ2v) is 10.6. The van der Waals surface area contributed by atoms with Gasteiger partial charge in [-0.25, -0.2) is 0 Å². The van der Waals surface area contributed by atoms with Gasteiger partial charge in [0.1, 0.15) is 18.1 Å². The number of benzene rings is 2. The second kappa shape index (κ2) is 16.2. The predicted molar refractivity (Wildman–Crippen MR) is 160 cm³/mol. The molecular weight excluding hydrogens is 562 g/mol. The molecule has 1 unspecified atom stereocenters. The fourth-order valence-corrected chi connectivity index (χ4v) is 3.91. The molecule has 12 nitrogen and oxygen atoms in total. The van der Waals surface area contributed by atoms with E-state index in [1.165, 1.54) is 26.3 Å². The van der Waals surface area contributed by atoms with Crippen LogP contribution in [0.4, 0.5) is 5.69 Å². The number of nitrogens with one attached hydrogen (secondary N) is 5. The van der Waals surface area contributed by atoms with Gasteiger partial charge in [-0.05, 0) is 57.4 Å². The molecule has 2 aromatic carbocycles. The van der Waals surface area contributed by atoms with Crippen molar-refractivity contribution < 1.29 is 33.9 Å². The molecule has 0 aliphatic heterocycles. The highest BCUT2D eigenvalue weighted by atomic mass is 32.1. The molecule has 0 fully saturated rings. The second-order valence-electron chi connectivity index (χ2n) is 9.93. The first kappa shape index (κ1) is 33.8. The molecule has 226 valence electrons. The van der Waals surface area contributed by atoms with Crippen LogP contribution in [0.3, 0.4) is 0 Å². The van der Waals surface area contributed by atoms with E-state index in [1.807, 2.05) is 37.3 Å². The van der Waals surface area contributed by atoms with Crippen LogP contribution in [-0.4, -0.2) is 70.5 Å². The van der Waals surface area contributed by atoms with Gasteiger partial charge in [0.25, 0.3) is 0 Å². The van der Waals surface area contributed by atoms with Crippen molar-refractivity contribution in [3.63, 3.8) is 0 Å². The van der Waals surface area contributed by atoms with Crippen molar-refractivity contribution in [2.75, 3.05) is 11.9 Å². The summed E-state index contributed by atoms with van der Waals surface area (Å²) in [7, 11) is 0. The lowest BCUT2D eigenvalue weighted by atomic mass is 10.0. The van der Waals surface area contributed by atoms with E-state index in [4.69, 9.17) is 5.11 Å². The Morgan fingerprint density at radius 1 is 0.762 bits per heavy atom. The number of carbonyl (C=O) groups is 6. The van der Waals surface area contributed by atoms with Gasteiger partial charge in [0.15, 0.2) is 0 Å². The lowest BCUT2D eigenvalue weighted by Gasteiger charge is -2.20. The average Bonchev–Trinajstić information content (AvgIpc) is 2.92. The van der Waals surface area contributed by atoms with Crippen molar-refractivity contribution in [3.8, 4) is 0 Å². The van der Waals surface area contributed by atoms with Gasteiger partial charge in [0.2, 0.25) is 29.5 Å². The van der Waals surface area contributed by atoms with Crippen LogP contribution in [0.5, 0.6) is 0 Å². The van der Waals surface area contributed by atoms with Gasteiger partial charge < -0.3 is 31.7 Å². The minimum atomic E-state index is -1.22. The minimum absolute atomic E-state index is 0.441. The number of aliphatic carboxylic acids is 1. The molecule has 0 saturated heterocycles. The van der Waals surface area contributed by atoms with Gasteiger partial charge in [-0.15, -0.1) is 0 Å². The molecule has 4 atom stereocenters. The van der Waals surface area contributed by atoms with Crippen LogP contribution < -0.4 is 26.6 Å². The monoisotopic (exact) mass is 599 g/mol. The third kappa shape index (κ3) is 11.6. The summed E-state index contributed by atoms with van der Waals surface area (Å²) in [4.78, 5) is 72.2. The fraction of sp³-hybridized carbons (Fsp3) is 0.379. The van der Waals surface area contributed by atoms with Crippen LogP contribution in [0.1, 0.15) is 43.9 Å². The highest BCUT2D eigenvalue weighted by molar-refractivity contribution is 7.81. The number of amides is 5. The standard InChI is InChI=1S/C29H37N5O7S/c1-16-8-10-20(11-9-16)12-21-6-5-7-22(13-21)34-28(40)19(4)33-27(39)18(3)32-26(38)17(2)31-24(35)15-30-29(41)23(42)14-25(36)37/h5-11,13,17-19,23,42H,12,14-15H2,1-4H3,(H,30,41)(H,31,35)(H,32,38)(H,33,39)(H,34,40)(H,36,37)/t17-,18-,19-,23?/m0/s1. The normalized spacial score (nSPS) is 13.5. The van der Waals surface area contributed by atoms with Crippen LogP contribution in [0.25, 0.3) is 0 Å². The highest BCUT2D eigenvalue weighted by Gasteiger charge is 2.24. The number of anilines is 1. The number of carboxylic acids is 1. The SMILES string of the molecule is Cc1ccc(Cc2cccc(NC(=O)[C@H](C)NC(=O)[C@H](C)NC(=O)[C@H](C)NC(=O)CNC(=O)C(S)CC(=O)O)c2)cc1. The molecule has 0 aromatic heterocycles. The van der Waals surface area contributed by atoms with Crippen molar-refractivity contribution in [3.05, 3.63) is 65.2 Å². The molecule has 5 amide bonds. The van der Waals surface area contributed by atoms with Crippen molar-refractivity contribution in [1.82, 2.24) is 21.3 Å². The molecule has 0 aliphatic rings. The van der Waals surface area contributed by atoms with Gasteiger partial charge in [-0.3, -0.25) is 28.8 Å². The lowest BCUT2D eigenvalue weighted by molar-refractivity contribution is -0.138. The Morgan fingerprint density at radius 2 is 1.33 bits per heavy atom. The zero-order valence-corrected chi connectivity index (χ0v) is 24.8. The molecule has 13 heteroatoms. The molecule has 0 radical (unpaired) electrons. The summed E-state index contributed by atoms with van der Waals surface area (Å²) in [5.41, 5.74) is 3.91. The largest absolute Gasteiger partial charge is 0.481 e. The number of thiol groups is 1. The molecule has 42 heavy (non-hydrogen) atoms. The highest BCUT2D eigenvalue weighted by Crippen LogP contribution is 2.15. The van der Waals surface area contributed by atoms with Crippen molar-refractivity contribution in [1.29, 1.82) is 0 Å². The zero-order chi connectivity index (χ0) is 31.4. The van der Waals surface area contributed by atoms with Gasteiger partial charge in [0.05, 0.1) is 18.2 Å². The Labute approximate surface area is 249 Å². The minimum Gasteiger partial charge on any atom is -0.481 e. The third-order valence-electron chi connectivity index (χ3n) is 6.09. The van der Waals surface area contributed by atoms with Crippen LogP contribution >= 0.6 is 12.6 Å². The maximum absolute atomic E-state index is 12.7. The summed E-state index contributed by atoms with van der Waals surface area (Å²) >= 11 is 3.86. The summed E-state index contributed by atoms with van der Waals surface area (Å²) in [5.74, 6) is -4.38. The quantitative estimate of drug-likeness (QED) is 0.158. The lowest BCUT2D eigenvalue weighted by Crippen LogP contribution is -2.54. The number of hydrogen-bond donors (Lipinski definition) is 7. The zero-order valence-electron chi connectivity index (χ0n) is 23.9. The molecule has 0 aliphatic carbocycles. The molecule has 6 N–H and O–H groups in total. The van der Waals surface area contributed by atoms with Gasteiger partial charge in [-0.1, -0.05) is 42.0 Å². The Morgan fingerprint density at radius 3 is 1.93 bits per heavy atom. The van der Waals surface area contributed by atoms with Crippen LogP contribution in [-0.2, 0) is 35.2 Å². The maximum atomic E-state index is 12.7. The van der Waals surface area contributed by atoms with Gasteiger partial charge in [0, 0.05) is 5.69 Å². The first-order chi connectivity index (χ1) is 19.7. The Hall–Kier alpha value is -4.39. The first-order valence-electron chi connectivity index (χ1n) is 13.3. The van der Waals surface area contributed by atoms with Crippen LogP contribution in [0.15, 0.2) is 48.5 Å². The Kier molecular flexibility index (Phi) is 13.0. The third-order valence-corrected chi connectivity index (χ3v) is 6.51. The summed E-state index contributed by atoms with van der Waals surface area (Å²) in [6.45, 7) is 5.85. The number of carbonyl (C=O) groups excluding carboxylic acids is 5. The molecule has 0 heterocycles. The molecular formula is C29H37N5O7S. The van der Waals surface area contributed by atoms with E-state index in [-0.39, 0.29) is 0 Å². The molecule has 2 aromatic rings. The first-order valence-corrected chi connectivity index (χ1v) is 13.8. The van der Waals surface area contributed by atoms with Crippen molar-refractivity contribution in [2.45, 2.75) is 63.9 Å². The maximum Gasteiger partial charge on any atom is 0.304 e. The van der Waals surface area contributed by atoms with E-state index < -0.39 is 71.8 Å². The summed E-state index contributed by atoms with van der Waals surface area (Å²) in [6.07, 6.45) is 0.182. The van der Waals surface area contributed by atoms with Crippen LogP contribution in [0, 0.1) is 6.92 Å². The van der Waals surface area contributed by atoms with E-state index in [9.17, 15) is 28.8 Å². The Balaban J connectivity index is 1.79. The fourth-order valence-electron chi connectivity index (χ4n) is 3.66. The summed E-state index contributed by atoms with van der Waals surface area (Å²) in [5, 5.41) is 20.0. The Bertz CT molecular complexity index is 1300. The van der Waals surface area contributed by atoms with E-state index in [1.54, 1.807) is 6.07 Å². The molecule has 2 rings (SSSR count). The number of rotatable bonds is 14. The van der Waals surface area contributed by atoms with Gasteiger partial charge in [-0.2, -0.15) is 12.6 Å². The summed E-state index contributed by atoms with van der Waals surface area (Å²) < 4.78 is 0. The number of carboxylic acid groups (broad SMARTS) is 1. The molecule has 0 bridgehead atoms. The van der Waals surface area contributed by atoms with Crippen LogP contribution in [0.2, 0.25) is 0 Å². The average molecular weight is 600 g/mol. The predicted octanol–water partition coefficient (Wildman–Crippen LogP) is 0.928. The van der Waals surface area contributed by atoms with Crippen molar-refractivity contribution in [2.24, 2.45) is 0 Å².